The summed E-state index contributed by atoms with van der Waals surface area (Å²) in [5.74, 6) is 1.10. The standard InChI is InChI=1S/C26H35N5O/c1-16(2)31-25-22(15-28-31)20(12-24(30-25)19-9-10-19)13-27-14-23-21(11-17(3)29-26(23)32)18-7-5-4-6-8-18/h11-12,15-16,18-19,27H,4-10,13-14H2,1-3H3,(H,29,32). The molecule has 0 aromatic carbocycles. The Labute approximate surface area is 189 Å². The van der Waals surface area contributed by atoms with Crippen molar-refractivity contribution in [2.45, 2.75) is 96.7 Å². The van der Waals surface area contributed by atoms with Crippen molar-refractivity contribution in [2.24, 2.45) is 0 Å². The van der Waals surface area contributed by atoms with E-state index in [0.29, 0.717) is 24.9 Å². The Morgan fingerprint density at radius 2 is 1.88 bits per heavy atom. The second kappa shape index (κ2) is 8.81. The number of nitrogens with one attached hydrogen (secondary N) is 2. The largest absolute Gasteiger partial charge is 0.326 e. The summed E-state index contributed by atoms with van der Waals surface area (Å²) in [5, 5.41) is 9.32. The molecule has 6 heteroatoms. The third-order valence-corrected chi connectivity index (χ3v) is 7.12. The van der Waals surface area contributed by atoms with Crippen molar-refractivity contribution in [2.75, 3.05) is 0 Å². The minimum Gasteiger partial charge on any atom is -0.326 e. The number of hydrogen-bond acceptors (Lipinski definition) is 4. The van der Waals surface area contributed by atoms with Crippen LogP contribution in [0.15, 0.2) is 23.1 Å². The number of H-pyrrole nitrogens is 1. The molecule has 0 bridgehead atoms. The maximum Gasteiger partial charge on any atom is 0.252 e. The molecule has 0 amide bonds. The minimum absolute atomic E-state index is 0.0595. The summed E-state index contributed by atoms with van der Waals surface area (Å²) in [6.45, 7) is 7.57. The second-order valence-corrected chi connectivity index (χ2v) is 10.1. The van der Waals surface area contributed by atoms with Gasteiger partial charge < -0.3 is 10.3 Å². The van der Waals surface area contributed by atoms with Crippen molar-refractivity contribution in [1.82, 2.24) is 25.1 Å². The Kier molecular flexibility index (Phi) is 5.89. The summed E-state index contributed by atoms with van der Waals surface area (Å²) < 4.78 is 2.02. The molecular formula is C26H35N5O. The van der Waals surface area contributed by atoms with Gasteiger partial charge in [-0.3, -0.25) is 4.79 Å². The highest BCUT2D eigenvalue weighted by Gasteiger charge is 2.27. The molecule has 170 valence electrons. The number of fused-ring (bicyclic) bond motifs is 1. The molecule has 3 aromatic heterocycles. The molecule has 0 saturated heterocycles. The fourth-order valence-corrected chi connectivity index (χ4v) is 5.24. The molecule has 2 N–H and O–H groups in total. The van der Waals surface area contributed by atoms with Crippen LogP contribution in [0.2, 0.25) is 0 Å². The van der Waals surface area contributed by atoms with E-state index < -0.39 is 0 Å². The average molecular weight is 434 g/mol. The van der Waals surface area contributed by atoms with Gasteiger partial charge in [0.1, 0.15) is 0 Å². The molecular weight excluding hydrogens is 398 g/mol. The van der Waals surface area contributed by atoms with Crippen LogP contribution in [0.25, 0.3) is 11.0 Å². The zero-order valence-corrected chi connectivity index (χ0v) is 19.6. The van der Waals surface area contributed by atoms with Gasteiger partial charge in [0.25, 0.3) is 5.56 Å². The average Bonchev–Trinajstić information content (AvgIpc) is 3.54. The van der Waals surface area contributed by atoms with Gasteiger partial charge in [-0.05, 0) is 75.6 Å². The topological polar surface area (TPSA) is 75.6 Å². The molecule has 0 spiro atoms. The van der Waals surface area contributed by atoms with E-state index in [9.17, 15) is 4.79 Å². The van der Waals surface area contributed by atoms with Crippen LogP contribution in [0.3, 0.4) is 0 Å². The molecule has 0 unspecified atom stereocenters. The maximum atomic E-state index is 12.9. The molecule has 0 atom stereocenters. The first-order valence-corrected chi connectivity index (χ1v) is 12.3. The van der Waals surface area contributed by atoms with Crippen LogP contribution in [0, 0.1) is 6.92 Å². The van der Waals surface area contributed by atoms with Crippen molar-refractivity contribution in [1.29, 1.82) is 0 Å². The van der Waals surface area contributed by atoms with Crippen LogP contribution in [-0.4, -0.2) is 19.7 Å². The Bertz CT molecular complexity index is 1160. The van der Waals surface area contributed by atoms with Gasteiger partial charge in [-0.15, -0.1) is 0 Å². The molecule has 2 aliphatic carbocycles. The lowest BCUT2D eigenvalue weighted by molar-refractivity contribution is 0.439. The predicted octanol–water partition coefficient (Wildman–Crippen LogP) is 5.22. The zero-order valence-electron chi connectivity index (χ0n) is 19.6. The summed E-state index contributed by atoms with van der Waals surface area (Å²) in [5.41, 5.74) is 6.59. The van der Waals surface area contributed by atoms with Gasteiger partial charge in [-0.1, -0.05) is 19.3 Å². The van der Waals surface area contributed by atoms with E-state index >= 15 is 0 Å². The molecule has 2 fully saturated rings. The quantitative estimate of drug-likeness (QED) is 0.535. The van der Waals surface area contributed by atoms with E-state index in [0.717, 1.165) is 22.3 Å². The molecule has 6 nitrogen and oxygen atoms in total. The third kappa shape index (κ3) is 4.25. The van der Waals surface area contributed by atoms with Gasteiger partial charge in [0.15, 0.2) is 5.65 Å². The monoisotopic (exact) mass is 433 g/mol. The molecule has 3 aromatic rings. The number of hydrogen-bond donors (Lipinski definition) is 2. The Morgan fingerprint density at radius 1 is 1.09 bits per heavy atom. The van der Waals surface area contributed by atoms with Crippen molar-refractivity contribution < 1.29 is 0 Å². The smallest absolute Gasteiger partial charge is 0.252 e. The van der Waals surface area contributed by atoms with Crippen LogP contribution in [0.1, 0.15) is 105 Å². The first-order valence-electron chi connectivity index (χ1n) is 12.3. The first kappa shape index (κ1) is 21.4. The molecule has 5 rings (SSSR count). The number of pyridine rings is 2. The van der Waals surface area contributed by atoms with Crippen molar-refractivity contribution in [3.63, 3.8) is 0 Å². The van der Waals surface area contributed by atoms with E-state index in [1.165, 1.54) is 61.8 Å². The van der Waals surface area contributed by atoms with Gasteiger partial charge >= 0.3 is 0 Å². The molecule has 3 heterocycles. The summed E-state index contributed by atoms with van der Waals surface area (Å²) >= 11 is 0. The van der Waals surface area contributed by atoms with Crippen molar-refractivity contribution >= 4 is 11.0 Å². The fourth-order valence-electron chi connectivity index (χ4n) is 5.24. The summed E-state index contributed by atoms with van der Waals surface area (Å²) in [6, 6.07) is 4.73. The lowest BCUT2D eigenvalue weighted by Crippen LogP contribution is -2.25. The molecule has 0 aliphatic heterocycles. The van der Waals surface area contributed by atoms with E-state index in [1.807, 2.05) is 17.8 Å². The first-order chi connectivity index (χ1) is 15.5. The molecule has 0 radical (unpaired) electrons. The third-order valence-electron chi connectivity index (χ3n) is 7.12. The minimum atomic E-state index is 0.0595. The summed E-state index contributed by atoms with van der Waals surface area (Å²) in [4.78, 5) is 20.9. The van der Waals surface area contributed by atoms with E-state index in [4.69, 9.17) is 4.98 Å². The van der Waals surface area contributed by atoms with E-state index in [-0.39, 0.29) is 11.6 Å². The number of aromatic amines is 1. The summed E-state index contributed by atoms with van der Waals surface area (Å²) in [6.07, 6.45) is 10.6. The van der Waals surface area contributed by atoms with Crippen LogP contribution >= 0.6 is 0 Å². The Hall–Kier alpha value is -2.47. The van der Waals surface area contributed by atoms with E-state index in [2.05, 4.69) is 41.4 Å². The normalized spacial score (nSPS) is 17.5. The molecule has 2 saturated carbocycles. The SMILES string of the molecule is Cc1cc(C2CCCCC2)c(CNCc2cc(C3CC3)nc3c2cnn3C(C)C)c(=O)[nH]1. The number of aromatic nitrogens is 4. The Balaban J connectivity index is 1.41. The van der Waals surface area contributed by atoms with Gasteiger partial charge in [0.05, 0.1) is 6.20 Å². The fraction of sp³-hybridized carbons (Fsp3) is 0.577. The van der Waals surface area contributed by atoms with Crippen LogP contribution in [-0.2, 0) is 13.1 Å². The highest BCUT2D eigenvalue weighted by molar-refractivity contribution is 5.79. The molecule has 2 aliphatic rings. The number of aryl methyl sites for hydroxylation is 1. The highest BCUT2D eigenvalue weighted by Crippen LogP contribution is 2.40. The van der Waals surface area contributed by atoms with Gasteiger partial charge in [-0.25, -0.2) is 9.67 Å². The lowest BCUT2D eigenvalue weighted by Gasteiger charge is -2.24. The summed E-state index contributed by atoms with van der Waals surface area (Å²) in [7, 11) is 0. The predicted molar refractivity (Wildman–Crippen MR) is 128 cm³/mol. The lowest BCUT2D eigenvalue weighted by atomic mass is 9.82. The van der Waals surface area contributed by atoms with Crippen LogP contribution in [0.4, 0.5) is 0 Å². The highest BCUT2D eigenvalue weighted by atomic mass is 16.1. The maximum absolute atomic E-state index is 12.9. The second-order valence-electron chi connectivity index (χ2n) is 10.1. The van der Waals surface area contributed by atoms with Crippen molar-refractivity contribution in [3.8, 4) is 0 Å². The zero-order chi connectivity index (χ0) is 22.2. The van der Waals surface area contributed by atoms with Gasteiger partial charge in [-0.2, -0.15) is 5.10 Å². The Morgan fingerprint density at radius 3 is 2.59 bits per heavy atom. The number of rotatable bonds is 7. The number of nitrogens with zero attached hydrogens (tertiary/aromatic N) is 3. The van der Waals surface area contributed by atoms with Crippen LogP contribution < -0.4 is 10.9 Å². The van der Waals surface area contributed by atoms with Crippen LogP contribution in [0.5, 0.6) is 0 Å². The van der Waals surface area contributed by atoms with Gasteiger partial charge in [0.2, 0.25) is 0 Å². The van der Waals surface area contributed by atoms with Crippen molar-refractivity contribution in [3.05, 3.63) is 56.8 Å². The van der Waals surface area contributed by atoms with E-state index in [1.54, 1.807) is 0 Å². The molecule has 32 heavy (non-hydrogen) atoms. The van der Waals surface area contributed by atoms with Gasteiger partial charge in [0, 0.05) is 47.4 Å².